The number of rotatable bonds is 3. The van der Waals surface area contributed by atoms with Gasteiger partial charge in [0.05, 0.1) is 7.11 Å². The van der Waals surface area contributed by atoms with Crippen LogP contribution >= 0.6 is 0 Å². The number of carbonyl (C=O) groups excluding carboxylic acids is 1. The van der Waals surface area contributed by atoms with Crippen LogP contribution in [-0.4, -0.2) is 32.3 Å². The molecule has 4 saturated carbocycles. The van der Waals surface area contributed by atoms with Gasteiger partial charge in [0.1, 0.15) is 13.2 Å². The second kappa shape index (κ2) is 5.82. The molecule has 5 aliphatic rings. The van der Waals surface area contributed by atoms with Gasteiger partial charge in [-0.05, 0) is 67.9 Å². The van der Waals surface area contributed by atoms with E-state index in [0.29, 0.717) is 53.9 Å². The Morgan fingerprint density at radius 3 is 2.40 bits per heavy atom. The van der Waals surface area contributed by atoms with E-state index in [1.54, 1.807) is 19.2 Å². The molecule has 0 aromatic heterocycles. The lowest BCUT2D eigenvalue weighted by Gasteiger charge is -2.54. The minimum absolute atomic E-state index is 0.0206. The van der Waals surface area contributed by atoms with E-state index >= 15 is 0 Å². The van der Waals surface area contributed by atoms with Crippen molar-refractivity contribution in [2.24, 2.45) is 23.7 Å². The third kappa shape index (κ3) is 2.55. The lowest BCUT2D eigenvalue weighted by molar-refractivity contribution is -0.0119. The summed E-state index contributed by atoms with van der Waals surface area (Å²) >= 11 is 0. The first-order chi connectivity index (χ1) is 12.2. The molecule has 1 aromatic carbocycles. The molecule has 0 radical (unpaired) electrons. The summed E-state index contributed by atoms with van der Waals surface area (Å²) in [5, 5.41) is 3.35. The standard InChI is InChI=1S/C20H25NO4/c1-23-16-9-15(10-17-19(16)25-3-2-24-17)20(22)21-18-13-5-11-4-12(7-13)8-14(18)6-11/h9-14,18H,2-8H2,1H3,(H,21,22). The van der Waals surface area contributed by atoms with E-state index in [1.807, 2.05) is 0 Å². The van der Waals surface area contributed by atoms with Crippen molar-refractivity contribution in [1.82, 2.24) is 5.32 Å². The van der Waals surface area contributed by atoms with Gasteiger partial charge in [0.25, 0.3) is 5.91 Å². The molecule has 1 N–H and O–H groups in total. The Bertz CT molecular complexity index is 656. The Kier molecular flexibility index (Phi) is 3.57. The number of fused-ring (bicyclic) bond motifs is 1. The largest absolute Gasteiger partial charge is 0.493 e. The van der Waals surface area contributed by atoms with Gasteiger partial charge in [0.15, 0.2) is 11.5 Å². The van der Waals surface area contributed by atoms with E-state index in [4.69, 9.17) is 14.2 Å². The zero-order valence-corrected chi connectivity index (χ0v) is 14.6. The molecule has 1 amide bonds. The van der Waals surface area contributed by atoms with Crippen molar-refractivity contribution < 1.29 is 19.0 Å². The molecule has 1 heterocycles. The number of methoxy groups -OCH3 is 1. The third-order valence-electron chi connectivity index (χ3n) is 6.61. The molecule has 4 fully saturated rings. The Morgan fingerprint density at radius 1 is 1.04 bits per heavy atom. The molecule has 4 bridgehead atoms. The van der Waals surface area contributed by atoms with E-state index in [9.17, 15) is 4.79 Å². The Labute approximate surface area is 148 Å². The average molecular weight is 343 g/mol. The Hall–Kier alpha value is -1.91. The zero-order chi connectivity index (χ0) is 17.0. The highest BCUT2D eigenvalue weighted by Gasteiger charge is 2.48. The van der Waals surface area contributed by atoms with Gasteiger partial charge in [-0.25, -0.2) is 0 Å². The van der Waals surface area contributed by atoms with Crippen LogP contribution in [0.2, 0.25) is 0 Å². The van der Waals surface area contributed by atoms with Gasteiger partial charge in [-0.2, -0.15) is 0 Å². The number of nitrogens with one attached hydrogen (secondary N) is 1. The lowest BCUT2D eigenvalue weighted by Crippen LogP contribution is -2.55. The first-order valence-electron chi connectivity index (χ1n) is 9.49. The average Bonchev–Trinajstić information content (AvgIpc) is 2.63. The summed E-state index contributed by atoms with van der Waals surface area (Å²) in [7, 11) is 1.59. The van der Waals surface area contributed by atoms with Crippen molar-refractivity contribution in [1.29, 1.82) is 0 Å². The van der Waals surface area contributed by atoms with Crippen molar-refractivity contribution in [3.8, 4) is 17.2 Å². The summed E-state index contributed by atoms with van der Waals surface area (Å²) < 4.78 is 16.7. The normalized spacial score (nSPS) is 34.7. The maximum atomic E-state index is 12.9. The fourth-order valence-electron chi connectivity index (χ4n) is 5.80. The van der Waals surface area contributed by atoms with Gasteiger partial charge in [0.2, 0.25) is 5.75 Å². The molecular formula is C20H25NO4. The fraction of sp³-hybridized carbons (Fsp3) is 0.650. The molecule has 134 valence electrons. The first kappa shape index (κ1) is 15.4. The number of hydrogen-bond acceptors (Lipinski definition) is 4. The highest BCUT2D eigenvalue weighted by atomic mass is 16.6. The summed E-state index contributed by atoms with van der Waals surface area (Å²) in [6.07, 6.45) is 6.60. The van der Waals surface area contributed by atoms with Crippen molar-refractivity contribution in [3.05, 3.63) is 17.7 Å². The van der Waals surface area contributed by atoms with Crippen molar-refractivity contribution in [3.63, 3.8) is 0 Å². The topological polar surface area (TPSA) is 56.8 Å². The molecule has 1 aliphatic heterocycles. The maximum absolute atomic E-state index is 12.9. The minimum Gasteiger partial charge on any atom is -0.493 e. The fourth-order valence-corrected chi connectivity index (χ4v) is 5.80. The highest BCUT2D eigenvalue weighted by Crippen LogP contribution is 2.53. The molecule has 6 rings (SSSR count). The molecule has 1 aromatic rings. The summed E-state index contributed by atoms with van der Waals surface area (Å²) in [6.45, 7) is 0.999. The van der Waals surface area contributed by atoms with Crippen LogP contribution in [0.5, 0.6) is 17.2 Å². The van der Waals surface area contributed by atoms with E-state index < -0.39 is 0 Å². The lowest BCUT2D eigenvalue weighted by atomic mass is 9.54. The van der Waals surface area contributed by atoms with Crippen LogP contribution in [-0.2, 0) is 0 Å². The predicted octanol–water partition coefficient (Wildman–Crippen LogP) is 3.02. The van der Waals surface area contributed by atoms with Gasteiger partial charge < -0.3 is 19.5 Å². The van der Waals surface area contributed by atoms with Gasteiger partial charge >= 0.3 is 0 Å². The molecule has 5 nitrogen and oxygen atoms in total. The number of amides is 1. The molecular weight excluding hydrogens is 318 g/mol. The monoisotopic (exact) mass is 343 g/mol. The second-order valence-electron chi connectivity index (χ2n) is 8.13. The predicted molar refractivity (Wildman–Crippen MR) is 92.3 cm³/mol. The Balaban J connectivity index is 1.38. The van der Waals surface area contributed by atoms with E-state index in [2.05, 4.69) is 5.32 Å². The van der Waals surface area contributed by atoms with Crippen molar-refractivity contribution in [2.45, 2.75) is 38.1 Å². The maximum Gasteiger partial charge on any atom is 0.251 e. The highest BCUT2D eigenvalue weighted by molar-refractivity contribution is 5.96. The molecule has 0 atom stereocenters. The third-order valence-corrected chi connectivity index (χ3v) is 6.61. The van der Waals surface area contributed by atoms with Gasteiger partial charge in [-0.15, -0.1) is 0 Å². The van der Waals surface area contributed by atoms with Crippen LogP contribution in [0.4, 0.5) is 0 Å². The number of hydrogen-bond donors (Lipinski definition) is 1. The van der Waals surface area contributed by atoms with Crippen LogP contribution in [0.25, 0.3) is 0 Å². The molecule has 4 aliphatic carbocycles. The van der Waals surface area contributed by atoms with Crippen molar-refractivity contribution >= 4 is 5.91 Å². The zero-order valence-electron chi connectivity index (χ0n) is 14.6. The summed E-state index contributed by atoms with van der Waals surface area (Å²) in [5.41, 5.74) is 0.593. The molecule has 0 saturated heterocycles. The van der Waals surface area contributed by atoms with E-state index in [0.717, 1.165) is 11.8 Å². The van der Waals surface area contributed by atoms with Crippen molar-refractivity contribution in [2.75, 3.05) is 20.3 Å². The van der Waals surface area contributed by atoms with Crippen LogP contribution in [0.15, 0.2) is 12.1 Å². The van der Waals surface area contributed by atoms with Crippen LogP contribution in [0.1, 0.15) is 42.5 Å². The van der Waals surface area contributed by atoms with E-state index in [-0.39, 0.29) is 5.91 Å². The number of carbonyl (C=O) groups is 1. The van der Waals surface area contributed by atoms with Crippen LogP contribution < -0.4 is 19.5 Å². The minimum atomic E-state index is -0.0206. The second-order valence-corrected chi connectivity index (χ2v) is 8.13. The smallest absolute Gasteiger partial charge is 0.251 e. The molecule has 0 unspecified atom stereocenters. The Morgan fingerprint density at radius 2 is 1.72 bits per heavy atom. The number of benzene rings is 1. The summed E-state index contributed by atoms with van der Waals surface area (Å²) in [6, 6.07) is 3.88. The van der Waals surface area contributed by atoms with Gasteiger partial charge in [-0.1, -0.05) is 0 Å². The molecule has 25 heavy (non-hydrogen) atoms. The first-order valence-corrected chi connectivity index (χ1v) is 9.49. The molecule has 5 heteroatoms. The SMILES string of the molecule is COc1cc(C(=O)NC2C3CC4CC(C3)CC2C4)cc2c1OCCO2. The van der Waals surface area contributed by atoms with Crippen LogP contribution in [0.3, 0.4) is 0 Å². The van der Waals surface area contributed by atoms with Crippen LogP contribution in [0, 0.1) is 23.7 Å². The quantitative estimate of drug-likeness (QED) is 0.917. The summed E-state index contributed by atoms with van der Waals surface area (Å²) in [5.74, 6) is 4.88. The van der Waals surface area contributed by atoms with Gasteiger partial charge in [-0.3, -0.25) is 4.79 Å². The molecule has 0 spiro atoms. The van der Waals surface area contributed by atoms with Gasteiger partial charge in [0, 0.05) is 11.6 Å². The van der Waals surface area contributed by atoms with E-state index in [1.165, 1.54) is 32.1 Å². The number of ether oxygens (including phenoxy) is 3. The summed E-state index contributed by atoms with van der Waals surface area (Å²) in [4.78, 5) is 12.9.